The maximum Gasteiger partial charge on any atom is 0.153 e. The van der Waals surface area contributed by atoms with Gasteiger partial charge < -0.3 is 4.74 Å². The van der Waals surface area contributed by atoms with Crippen molar-refractivity contribution in [2.75, 3.05) is 6.61 Å². The zero-order chi connectivity index (χ0) is 12.4. The van der Waals surface area contributed by atoms with E-state index in [0.29, 0.717) is 11.6 Å². The first-order valence-corrected chi connectivity index (χ1v) is 6.95. The molecule has 1 aliphatic carbocycles. The molecule has 2 heterocycles. The summed E-state index contributed by atoms with van der Waals surface area (Å²) in [6.07, 6.45) is 12.7. The highest BCUT2D eigenvalue weighted by atomic mass is 16.5. The minimum Gasteiger partial charge on any atom is -0.375 e. The van der Waals surface area contributed by atoms with Crippen molar-refractivity contribution in [2.24, 2.45) is 0 Å². The van der Waals surface area contributed by atoms with Crippen LogP contribution in [0.3, 0.4) is 0 Å². The summed E-state index contributed by atoms with van der Waals surface area (Å²) in [6, 6.07) is 0.394. The number of aromatic nitrogens is 2. The largest absolute Gasteiger partial charge is 0.375 e. The van der Waals surface area contributed by atoms with E-state index < -0.39 is 0 Å². The van der Waals surface area contributed by atoms with E-state index in [-0.39, 0.29) is 5.60 Å². The molecule has 0 amide bonds. The van der Waals surface area contributed by atoms with Crippen molar-refractivity contribution < 1.29 is 9.53 Å². The van der Waals surface area contributed by atoms with Crippen LogP contribution < -0.4 is 0 Å². The quantitative estimate of drug-likeness (QED) is 0.756. The highest BCUT2D eigenvalue weighted by molar-refractivity contribution is 5.73. The van der Waals surface area contributed by atoms with Gasteiger partial charge in [-0.05, 0) is 25.7 Å². The van der Waals surface area contributed by atoms with Gasteiger partial charge in [0.15, 0.2) is 6.29 Å². The van der Waals surface area contributed by atoms with Gasteiger partial charge in [0, 0.05) is 12.8 Å². The van der Waals surface area contributed by atoms with Crippen molar-refractivity contribution in [3.63, 3.8) is 0 Å². The standard InChI is InChI=1S/C14H20N2O2/c17-11-12-9-15-16(10-12)13-4-7-18-14(8-13)5-2-1-3-6-14/h9-11,13H,1-8H2. The number of ether oxygens (including phenoxy) is 1. The molecule has 98 valence electrons. The predicted octanol–water partition coefficient (Wildman–Crippen LogP) is 2.75. The van der Waals surface area contributed by atoms with Gasteiger partial charge >= 0.3 is 0 Å². The van der Waals surface area contributed by atoms with Crippen LogP contribution in [0, 0.1) is 0 Å². The Morgan fingerprint density at radius 2 is 2.22 bits per heavy atom. The van der Waals surface area contributed by atoms with Crippen LogP contribution >= 0.6 is 0 Å². The van der Waals surface area contributed by atoms with Gasteiger partial charge in [0.05, 0.1) is 23.4 Å². The number of carbonyl (C=O) groups excluding carboxylic acids is 1. The predicted molar refractivity (Wildman–Crippen MR) is 67.7 cm³/mol. The fourth-order valence-electron chi connectivity index (χ4n) is 3.39. The molecule has 0 N–H and O–H groups in total. The zero-order valence-electron chi connectivity index (χ0n) is 10.7. The molecule has 1 saturated heterocycles. The van der Waals surface area contributed by atoms with E-state index in [9.17, 15) is 4.79 Å². The molecular formula is C14H20N2O2. The smallest absolute Gasteiger partial charge is 0.153 e. The lowest BCUT2D eigenvalue weighted by Gasteiger charge is -2.43. The highest BCUT2D eigenvalue weighted by Gasteiger charge is 2.39. The van der Waals surface area contributed by atoms with Crippen LogP contribution in [0.15, 0.2) is 12.4 Å². The fourth-order valence-corrected chi connectivity index (χ4v) is 3.39. The second kappa shape index (κ2) is 4.84. The molecule has 18 heavy (non-hydrogen) atoms. The molecule has 0 radical (unpaired) electrons. The summed E-state index contributed by atoms with van der Waals surface area (Å²) in [5.74, 6) is 0. The molecule has 1 unspecified atom stereocenters. The first-order valence-electron chi connectivity index (χ1n) is 6.95. The van der Waals surface area contributed by atoms with Gasteiger partial charge in [0.25, 0.3) is 0 Å². The number of hydrogen-bond donors (Lipinski definition) is 0. The Balaban J connectivity index is 1.75. The van der Waals surface area contributed by atoms with Crippen LogP contribution in [0.5, 0.6) is 0 Å². The van der Waals surface area contributed by atoms with E-state index in [1.54, 1.807) is 6.20 Å². The lowest BCUT2D eigenvalue weighted by molar-refractivity contribution is -0.115. The molecule has 0 aromatic carbocycles. The van der Waals surface area contributed by atoms with Crippen LogP contribution in [-0.4, -0.2) is 28.3 Å². The van der Waals surface area contributed by atoms with Crippen LogP contribution in [0.2, 0.25) is 0 Å². The van der Waals surface area contributed by atoms with E-state index in [2.05, 4.69) is 5.10 Å². The molecule has 1 spiro atoms. The van der Waals surface area contributed by atoms with Crippen molar-refractivity contribution in [3.8, 4) is 0 Å². The molecule has 0 bridgehead atoms. The maximum absolute atomic E-state index is 10.7. The summed E-state index contributed by atoms with van der Waals surface area (Å²) in [5, 5.41) is 4.32. The Morgan fingerprint density at radius 3 is 2.94 bits per heavy atom. The molecule has 1 aromatic rings. The molecule has 3 rings (SSSR count). The van der Waals surface area contributed by atoms with Crippen molar-refractivity contribution in [1.29, 1.82) is 0 Å². The van der Waals surface area contributed by atoms with E-state index >= 15 is 0 Å². The van der Waals surface area contributed by atoms with Crippen LogP contribution in [0.25, 0.3) is 0 Å². The van der Waals surface area contributed by atoms with Gasteiger partial charge in [-0.15, -0.1) is 0 Å². The lowest BCUT2D eigenvalue weighted by atomic mass is 9.78. The number of carbonyl (C=O) groups is 1. The SMILES string of the molecule is O=Cc1cnn(C2CCOC3(CCCCC3)C2)c1. The van der Waals surface area contributed by atoms with E-state index in [4.69, 9.17) is 4.74 Å². The van der Waals surface area contributed by atoms with E-state index in [0.717, 1.165) is 25.7 Å². The molecule has 4 heteroatoms. The second-order valence-electron chi connectivity index (χ2n) is 5.61. The number of hydrogen-bond acceptors (Lipinski definition) is 3. The fraction of sp³-hybridized carbons (Fsp3) is 0.714. The summed E-state index contributed by atoms with van der Waals surface area (Å²) in [4.78, 5) is 10.7. The monoisotopic (exact) mass is 248 g/mol. The molecule has 4 nitrogen and oxygen atoms in total. The zero-order valence-corrected chi connectivity index (χ0v) is 10.7. The van der Waals surface area contributed by atoms with Crippen LogP contribution in [-0.2, 0) is 4.74 Å². The Bertz CT molecular complexity index is 416. The molecule has 1 atom stereocenters. The van der Waals surface area contributed by atoms with Gasteiger partial charge in [-0.2, -0.15) is 5.10 Å². The Hall–Kier alpha value is -1.16. The number of aldehydes is 1. The number of rotatable bonds is 2. The summed E-state index contributed by atoms with van der Waals surface area (Å²) >= 11 is 0. The number of nitrogens with zero attached hydrogens (tertiary/aromatic N) is 2. The Labute approximate surface area is 107 Å². The third-order valence-corrected chi connectivity index (χ3v) is 4.36. The third-order valence-electron chi connectivity index (χ3n) is 4.36. The minimum atomic E-state index is 0.0917. The van der Waals surface area contributed by atoms with Gasteiger partial charge in [0.2, 0.25) is 0 Å². The molecule has 1 aliphatic heterocycles. The van der Waals surface area contributed by atoms with Crippen LogP contribution in [0.1, 0.15) is 61.3 Å². The van der Waals surface area contributed by atoms with Crippen molar-refractivity contribution in [2.45, 2.75) is 56.6 Å². The first kappa shape index (κ1) is 11.9. The average molecular weight is 248 g/mol. The van der Waals surface area contributed by atoms with Crippen molar-refractivity contribution in [3.05, 3.63) is 18.0 Å². The van der Waals surface area contributed by atoms with Gasteiger partial charge in [-0.3, -0.25) is 9.48 Å². The normalized spacial score (nSPS) is 27.2. The maximum atomic E-state index is 10.7. The summed E-state index contributed by atoms with van der Waals surface area (Å²) in [6.45, 7) is 0.820. The highest BCUT2D eigenvalue weighted by Crippen LogP contribution is 2.42. The minimum absolute atomic E-state index is 0.0917. The average Bonchev–Trinajstić information content (AvgIpc) is 2.88. The van der Waals surface area contributed by atoms with Crippen molar-refractivity contribution in [1.82, 2.24) is 9.78 Å². The van der Waals surface area contributed by atoms with Crippen LogP contribution in [0.4, 0.5) is 0 Å². The topological polar surface area (TPSA) is 44.1 Å². The Morgan fingerprint density at radius 1 is 1.39 bits per heavy atom. The summed E-state index contributed by atoms with van der Waals surface area (Å²) in [5.41, 5.74) is 0.758. The lowest BCUT2D eigenvalue weighted by Crippen LogP contribution is -2.42. The van der Waals surface area contributed by atoms with Crippen molar-refractivity contribution >= 4 is 6.29 Å². The van der Waals surface area contributed by atoms with E-state index in [1.807, 2.05) is 10.9 Å². The molecule has 1 saturated carbocycles. The first-order chi connectivity index (χ1) is 8.81. The third kappa shape index (κ3) is 2.21. The Kier molecular flexibility index (Phi) is 3.20. The molecular weight excluding hydrogens is 228 g/mol. The summed E-state index contributed by atoms with van der Waals surface area (Å²) in [7, 11) is 0. The molecule has 1 aromatic heterocycles. The molecule has 2 fully saturated rings. The van der Waals surface area contributed by atoms with Gasteiger partial charge in [0.1, 0.15) is 0 Å². The molecule has 2 aliphatic rings. The second-order valence-corrected chi connectivity index (χ2v) is 5.61. The summed E-state index contributed by atoms with van der Waals surface area (Å²) < 4.78 is 8.04. The van der Waals surface area contributed by atoms with Gasteiger partial charge in [-0.25, -0.2) is 0 Å². The van der Waals surface area contributed by atoms with Gasteiger partial charge in [-0.1, -0.05) is 19.3 Å². The van der Waals surface area contributed by atoms with E-state index in [1.165, 1.54) is 32.1 Å².